The molecule has 0 radical (unpaired) electrons. The Balaban J connectivity index is 1.58. The summed E-state index contributed by atoms with van der Waals surface area (Å²) >= 11 is 13.9. The maximum absolute atomic E-state index is 12.7. The molecule has 0 atom stereocenters. The second-order valence-electron chi connectivity index (χ2n) is 7.29. The van der Waals surface area contributed by atoms with Gasteiger partial charge < -0.3 is 14.9 Å². The highest BCUT2D eigenvalue weighted by molar-refractivity contribution is 7.14. The van der Waals surface area contributed by atoms with Gasteiger partial charge in [0.15, 0.2) is 5.13 Å². The molecule has 0 unspecified atom stereocenters. The van der Waals surface area contributed by atoms with Gasteiger partial charge in [0.05, 0.1) is 11.2 Å². The van der Waals surface area contributed by atoms with Gasteiger partial charge in [-0.15, -0.1) is 11.3 Å². The van der Waals surface area contributed by atoms with Crippen molar-refractivity contribution in [2.24, 2.45) is 7.05 Å². The largest absolute Gasteiger partial charge is 0.330 e. The molecule has 0 aliphatic heterocycles. The van der Waals surface area contributed by atoms with Crippen LogP contribution in [0, 0.1) is 6.92 Å². The molecule has 0 saturated carbocycles. The summed E-state index contributed by atoms with van der Waals surface area (Å²) < 4.78 is 2.55. The van der Waals surface area contributed by atoms with E-state index in [0.29, 0.717) is 32.1 Å². The molecular formula is C21H19Cl2N5O3S. The van der Waals surface area contributed by atoms with Crippen molar-refractivity contribution in [2.45, 2.75) is 26.8 Å². The summed E-state index contributed by atoms with van der Waals surface area (Å²) in [6, 6.07) is 5.28. The number of hydrogen-bond donors (Lipinski definition) is 2. The van der Waals surface area contributed by atoms with E-state index in [-0.39, 0.29) is 18.0 Å². The highest BCUT2D eigenvalue weighted by Gasteiger charge is 2.17. The number of hydrogen-bond acceptors (Lipinski definition) is 5. The Bertz CT molecular complexity index is 1460. The maximum Gasteiger partial charge on any atom is 0.328 e. The zero-order chi connectivity index (χ0) is 23.2. The van der Waals surface area contributed by atoms with Crippen LogP contribution in [0.15, 0.2) is 33.2 Å². The number of benzene rings is 1. The van der Waals surface area contributed by atoms with Crippen molar-refractivity contribution < 1.29 is 4.79 Å². The van der Waals surface area contributed by atoms with Crippen LogP contribution in [0.4, 0.5) is 5.13 Å². The van der Waals surface area contributed by atoms with E-state index in [1.165, 1.54) is 18.4 Å². The van der Waals surface area contributed by atoms with Crippen molar-refractivity contribution in [3.63, 3.8) is 0 Å². The predicted octanol–water partition coefficient (Wildman–Crippen LogP) is 3.97. The van der Waals surface area contributed by atoms with Crippen LogP contribution >= 0.6 is 34.5 Å². The monoisotopic (exact) mass is 491 g/mol. The van der Waals surface area contributed by atoms with E-state index < -0.39 is 11.2 Å². The van der Waals surface area contributed by atoms with Crippen LogP contribution < -0.4 is 16.6 Å². The summed E-state index contributed by atoms with van der Waals surface area (Å²) in [7, 11) is 1.38. The molecule has 166 valence electrons. The summed E-state index contributed by atoms with van der Waals surface area (Å²) in [5.41, 5.74) is 2.64. The number of aromatic nitrogens is 4. The van der Waals surface area contributed by atoms with E-state index in [0.717, 1.165) is 22.1 Å². The zero-order valence-electron chi connectivity index (χ0n) is 17.5. The highest BCUT2D eigenvalue weighted by Crippen LogP contribution is 2.33. The van der Waals surface area contributed by atoms with Gasteiger partial charge in [-0.2, -0.15) is 0 Å². The molecule has 4 aromatic rings. The number of nitrogens with one attached hydrogen (secondary N) is 2. The zero-order valence-corrected chi connectivity index (χ0v) is 19.8. The third-order valence-electron chi connectivity index (χ3n) is 5.20. The van der Waals surface area contributed by atoms with Gasteiger partial charge >= 0.3 is 5.69 Å². The molecule has 4 rings (SSSR count). The Labute approximate surface area is 196 Å². The fourth-order valence-electron chi connectivity index (χ4n) is 3.51. The molecule has 8 nitrogen and oxygen atoms in total. The summed E-state index contributed by atoms with van der Waals surface area (Å²) in [5.74, 6) is -0.350. The molecule has 0 spiro atoms. The Morgan fingerprint density at radius 1 is 1.22 bits per heavy atom. The molecule has 32 heavy (non-hydrogen) atoms. The van der Waals surface area contributed by atoms with Crippen LogP contribution in [0.5, 0.6) is 0 Å². The number of carbonyl (C=O) groups excluding carboxylic acids is 1. The molecule has 3 aromatic heterocycles. The molecule has 0 fully saturated rings. The number of H-pyrrole nitrogens is 1. The van der Waals surface area contributed by atoms with Crippen molar-refractivity contribution in [3.8, 4) is 11.3 Å². The minimum absolute atomic E-state index is 0.103. The first kappa shape index (κ1) is 22.3. The van der Waals surface area contributed by atoms with Crippen LogP contribution in [-0.4, -0.2) is 25.0 Å². The molecule has 0 aliphatic rings. The third-order valence-corrected chi connectivity index (χ3v) is 6.63. The van der Waals surface area contributed by atoms with Crippen molar-refractivity contribution >= 4 is 56.6 Å². The smallest absolute Gasteiger partial charge is 0.328 e. The summed E-state index contributed by atoms with van der Waals surface area (Å²) in [6.07, 6.45) is 0.723. The molecular weight excluding hydrogens is 473 g/mol. The molecule has 0 bridgehead atoms. The predicted molar refractivity (Wildman–Crippen MR) is 128 cm³/mol. The second kappa shape index (κ2) is 8.57. The molecule has 0 aliphatic carbocycles. The number of nitrogens with zero attached hydrogens (tertiary/aromatic N) is 3. The topological polar surface area (TPSA) is 102 Å². The van der Waals surface area contributed by atoms with Gasteiger partial charge in [0.2, 0.25) is 5.91 Å². The maximum atomic E-state index is 12.7. The van der Waals surface area contributed by atoms with E-state index >= 15 is 0 Å². The van der Waals surface area contributed by atoms with Gasteiger partial charge in [0.1, 0.15) is 12.1 Å². The van der Waals surface area contributed by atoms with Gasteiger partial charge in [0, 0.05) is 33.7 Å². The lowest BCUT2D eigenvalue weighted by atomic mass is 10.1. The first-order valence-corrected chi connectivity index (χ1v) is 11.4. The van der Waals surface area contributed by atoms with Gasteiger partial charge in [-0.25, -0.2) is 9.78 Å². The van der Waals surface area contributed by atoms with E-state index in [9.17, 15) is 14.4 Å². The fourth-order valence-corrected chi connectivity index (χ4v) is 5.00. The number of halogens is 2. The normalized spacial score (nSPS) is 11.3. The van der Waals surface area contributed by atoms with Crippen molar-refractivity contribution in [2.75, 3.05) is 5.32 Å². The van der Waals surface area contributed by atoms with Crippen LogP contribution in [0.25, 0.3) is 22.3 Å². The molecule has 1 amide bonds. The van der Waals surface area contributed by atoms with Crippen LogP contribution in [0.3, 0.4) is 0 Å². The van der Waals surface area contributed by atoms with Crippen molar-refractivity contribution in [3.05, 3.63) is 65.7 Å². The number of anilines is 1. The number of rotatable bonds is 5. The fraction of sp³-hybridized carbons (Fsp3) is 0.238. The Hall–Kier alpha value is -2.88. The Morgan fingerprint density at radius 2 is 1.91 bits per heavy atom. The molecule has 0 saturated heterocycles. The molecule has 3 heterocycles. The lowest BCUT2D eigenvalue weighted by molar-refractivity contribution is -0.116. The van der Waals surface area contributed by atoms with Gasteiger partial charge in [0.25, 0.3) is 5.56 Å². The molecule has 2 N–H and O–H groups in total. The van der Waals surface area contributed by atoms with Gasteiger partial charge in [-0.1, -0.05) is 30.1 Å². The lowest BCUT2D eigenvalue weighted by Gasteiger charge is -2.08. The minimum Gasteiger partial charge on any atom is -0.330 e. The van der Waals surface area contributed by atoms with Crippen LogP contribution in [-0.2, 0) is 24.8 Å². The van der Waals surface area contributed by atoms with E-state index in [2.05, 4.69) is 15.3 Å². The average Bonchev–Trinajstić information content (AvgIpc) is 3.30. The number of thiazole rings is 1. The lowest BCUT2D eigenvalue weighted by Crippen LogP contribution is -2.33. The van der Waals surface area contributed by atoms with Crippen LogP contribution in [0.1, 0.15) is 18.2 Å². The van der Waals surface area contributed by atoms with Gasteiger partial charge in [-0.3, -0.25) is 14.2 Å². The Kier molecular flexibility index (Phi) is 5.98. The number of fused-ring (bicyclic) bond motifs is 1. The summed E-state index contributed by atoms with van der Waals surface area (Å²) in [6.45, 7) is 3.64. The third kappa shape index (κ3) is 3.99. The van der Waals surface area contributed by atoms with E-state index in [1.54, 1.807) is 35.1 Å². The van der Waals surface area contributed by atoms with Crippen LogP contribution in [0.2, 0.25) is 10.0 Å². The molecule has 11 heteroatoms. The SMILES string of the molecule is CCc1c(Cl)cc(-c2csc(NC(=O)Cn3c(C)cc4[nH]c(=O)n(C)c(=O)c43)n2)cc1Cl. The summed E-state index contributed by atoms with van der Waals surface area (Å²) in [5, 5.41) is 6.12. The Morgan fingerprint density at radius 3 is 2.56 bits per heavy atom. The number of amides is 1. The number of aryl methyl sites for hydroxylation is 1. The van der Waals surface area contributed by atoms with E-state index in [1.807, 2.05) is 6.92 Å². The van der Waals surface area contributed by atoms with Gasteiger partial charge in [-0.05, 0) is 37.1 Å². The number of carbonyl (C=O) groups is 1. The second-order valence-corrected chi connectivity index (χ2v) is 8.96. The quantitative estimate of drug-likeness (QED) is 0.440. The minimum atomic E-state index is -0.508. The first-order valence-electron chi connectivity index (χ1n) is 9.72. The highest BCUT2D eigenvalue weighted by atomic mass is 35.5. The van der Waals surface area contributed by atoms with Crippen molar-refractivity contribution in [1.82, 2.24) is 19.1 Å². The molecule has 1 aromatic carbocycles. The first-order chi connectivity index (χ1) is 15.2. The standard InChI is InChI=1S/C21H19Cl2N5O3S/c1-4-12-13(22)6-11(7-14(12)23)16-9-32-20(24-16)26-17(29)8-28-10(2)5-15-18(28)19(30)27(3)21(31)25-15/h5-7,9H,4,8H2,1-3H3,(H,25,31)(H,24,26,29). The summed E-state index contributed by atoms with van der Waals surface area (Å²) in [4.78, 5) is 44.2. The van der Waals surface area contributed by atoms with Crippen molar-refractivity contribution in [1.29, 1.82) is 0 Å². The average molecular weight is 492 g/mol. The number of aromatic amines is 1. The van der Waals surface area contributed by atoms with E-state index in [4.69, 9.17) is 23.2 Å².